The van der Waals surface area contributed by atoms with Crippen LogP contribution in [-0.4, -0.2) is 13.2 Å². The Kier molecular flexibility index (Phi) is 6.85. The van der Waals surface area contributed by atoms with Crippen molar-refractivity contribution < 1.29 is 14.3 Å². The van der Waals surface area contributed by atoms with Crippen LogP contribution in [0.25, 0.3) is 0 Å². The Morgan fingerprint density at radius 2 is 1.81 bits per heavy atom. The lowest BCUT2D eigenvalue weighted by atomic mass is 9.88. The number of halogens is 1. The highest BCUT2D eigenvalue weighted by Crippen LogP contribution is 2.46. The average Bonchev–Trinajstić information content (AvgIpc) is 2.82. The van der Waals surface area contributed by atoms with Crippen LogP contribution in [0.4, 0.5) is 10.5 Å². The SMILES string of the molecule is COc1ccccc1C1CCc2cc(C(C)C)cc(Br)c2N1C(=O)OCc1ccccc1. The Bertz CT molecular complexity index is 1100. The van der Waals surface area contributed by atoms with Crippen molar-refractivity contribution in [2.75, 3.05) is 12.0 Å². The molecular weight excluding hydrogens is 466 g/mol. The van der Waals surface area contributed by atoms with E-state index in [9.17, 15) is 4.79 Å². The van der Waals surface area contributed by atoms with Gasteiger partial charge in [-0.05, 0) is 63.5 Å². The molecule has 1 amide bonds. The molecule has 0 fully saturated rings. The van der Waals surface area contributed by atoms with Crippen LogP contribution in [0.1, 0.15) is 54.5 Å². The maximum atomic E-state index is 13.5. The van der Waals surface area contributed by atoms with Gasteiger partial charge in [-0.3, -0.25) is 4.90 Å². The van der Waals surface area contributed by atoms with Crippen molar-refractivity contribution >= 4 is 27.7 Å². The number of aryl methyl sites for hydroxylation is 1. The van der Waals surface area contributed by atoms with Crippen molar-refractivity contribution in [2.24, 2.45) is 0 Å². The van der Waals surface area contributed by atoms with Crippen LogP contribution < -0.4 is 9.64 Å². The summed E-state index contributed by atoms with van der Waals surface area (Å²) in [4.78, 5) is 15.3. The first kappa shape index (κ1) is 22.4. The predicted molar refractivity (Wildman–Crippen MR) is 131 cm³/mol. The lowest BCUT2D eigenvalue weighted by Crippen LogP contribution is -2.39. The van der Waals surface area contributed by atoms with Crippen LogP contribution in [0.2, 0.25) is 0 Å². The van der Waals surface area contributed by atoms with Crippen molar-refractivity contribution in [3.8, 4) is 5.75 Å². The molecule has 0 spiro atoms. The molecule has 0 aliphatic carbocycles. The van der Waals surface area contributed by atoms with Gasteiger partial charge in [0.15, 0.2) is 0 Å². The summed E-state index contributed by atoms with van der Waals surface area (Å²) >= 11 is 3.76. The van der Waals surface area contributed by atoms with E-state index in [2.05, 4.69) is 41.9 Å². The minimum absolute atomic E-state index is 0.178. The zero-order chi connectivity index (χ0) is 22.7. The van der Waals surface area contributed by atoms with Crippen molar-refractivity contribution in [3.63, 3.8) is 0 Å². The molecule has 0 saturated heterocycles. The van der Waals surface area contributed by atoms with Crippen molar-refractivity contribution in [1.82, 2.24) is 0 Å². The Morgan fingerprint density at radius 3 is 2.53 bits per heavy atom. The van der Waals surface area contributed by atoms with E-state index in [0.29, 0.717) is 5.92 Å². The number of methoxy groups -OCH3 is 1. The molecule has 4 rings (SSSR count). The van der Waals surface area contributed by atoms with Gasteiger partial charge in [0, 0.05) is 10.0 Å². The molecule has 4 nitrogen and oxygen atoms in total. The number of nitrogens with zero attached hydrogens (tertiary/aromatic N) is 1. The van der Waals surface area contributed by atoms with Gasteiger partial charge >= 0.3 is 6.09 Å². The Labute approximate surface area is 198 Å². The van der Waals surface area contributed by atoms with Crippen LogP contribution in [0, 0.1) is 0 Å². The third-order valence-corrected chi connectivity index (χ3v) is 6.58. The molecule has 0 radical (unpaired) electrons. The fraction of sp³-hybridized carbons (Fsp3) is 0.296. The summed E-state index contributed by atoms with van der Waals surface area (Å²) in [6.07, 6.45) is 1.31. The molecule has 1 heterocycles. The molecular formula is C27H28BrNO3. The van der Waals surface area contributed by atoms with E-state index in [0.717, 1.165) is 45.4 Å². The maximum absolute atomic E-state index is 13.5. The first-order valence-corrected chi connectivity index (χ1v) is 11.7. The summed E-state index contributed by atoms with van der Waals surface area (Å²) in [5.74, 6) is 1.18. The highest BCUT2D eigenvalue weighted by molar-refractivity contribution is 9.10. The molecule has 0 saturated carbocycles. The minimum Gasteiger partial charge on any atom is -0.496 e. The van der Waals surface area contributed by atoms with E-state index in [1.54, 1.807) is 12.0 Å². The topological polar surface area (TPSA) is 38.8 Å². The molecule has 1 aliphatic rings. The van der Waals surface area contributed by atoms with E-state index in [-0.39, 0.29) is 18.7 Å². The van der Waals surface area contributed by atoms with Gasteiger partial charge in [0.2, 0.25) is 0 Å². The molecule has 1 unspecified atom stereocenters. The van der Waals surface area contributed by atoms with Crippen molar-refractivity contribution in [3.05, 3.63) is 93.5 Å². The van der Waals surface area contributed by atoms with Gasteiger partial charge < -0.3 is 9.47 Å². The number of hydrogen-bond acceptors (Lipinski definition) is 3. The fourth-order valence-electron chi connectivity index (χ4n) is 4.29. The summed E-state index contributed by atoms with van der Waals surface area (Å²) in [5.41, 5.74) is 5.24. The Balaban J connectivity index is 1.75. The van der Waals surface area contributed by atoms with Crippen LogP contribution in [-0.2, 0) is 17.8 Å². The quantitative estimate of drug-likeness (QED) is 0.371. The first-order valence-electron chi connectivity index (χ1n) is 10.9. The molecule has 0 bridgehead atoms. The molecule has 3 aromatic carbocycles. The summed E-state index contributed by atoms with van der Waals surface area (Å²) in [5, 5.41) is 0. The monoisotopic (exact) mass is 493 g/mol. The molecule has 5 heteroatoms. The van der Waals surface area contributed by atoms with Crippen molar-refractivity contribution in [1.29, 1.82) is 0 Å². The van der Waals surface area contributed by atoms with Crippen molar-refractivity contribution in [2.45, 2.75) is 45.3 Å². The Hall–Kier alpha value is -2.79. The first-order chi connectivity index (χ1) is 15.5. The number of amides is 1. The van der Waals surface area contributed by atoms with Gasteiger partial charge in [-0.25, -0.2) is 4.79 Å². The van der Waals surface area contributed by atoms with Crippen LogP contribution in [0.15, 0.2) is 71.2 Å². The van der Waals surface area contributed by atoms with Gasteiger partial charge in [-0.15, -0.1) is 0 Å². The highest BCUT2D eigenvalue weighted by Gasteiger charge is 2.36. The lowest BCUT2D eigenvalue weighted by Gasteiger charge is -2.38. The number of ether oxygens (including phenoxy) is 2. The largest absolute Gasteiger partial charge is 0.496 e. The number of fused-ring (bicyclic) bond motifs is 1. The number of hydrogen-bond donors (Lipinski definition) is 0. The molecule has 3 aromatic rings. The summed E-state index contributed by atoms with van der Waals surface area (Å²) < 4.78 is 12.4. The van der Waals surface area contributed by atoms with Gasteiger partial charge in [0.1, 0.15) is 12.4 Å². The second-order valence-electron chi connectivity index (χ2n) is 8.37. The van der Waals surface area contributed by atoms with Gasteiger partial charge in [0.25, 0.3) is 0 Å². The highest BCUT2D eigenvalue weighted by atomic mass is 79.9. The number of carbonyl (C=O) groups is 1. The number of anilines is 1. The van der Waals surface area contributed by atoms with Gasteiger partial charge in [-0.1, -0.05) is 68.4 Å². The third-order valence-electron chi connectivity index (χ3n) is 5.97. The van der Waals surface area contributed by atoms with Crippen LogP contribution >= 0.6 is 15.9 Å². The summed E-state index contributed by atoms with van der Waals surface area (Å²) in [6, 6.07) is 21.8. The van der Waals surface area contributed by atoms with E-state index in [1.165, 1.54) is 5.56 Å². The molecule has 32 heavy (non-hydrogen) atoms. The van der Waals surface area contributed by atoms with E-state index in [4.69, 9.17) is 9.47 Å². The normalized spacial score (nSPS) is 15.4. The second kappa shape index (κ2) is 9.78. The molecule has 0 aromatic heterocycles. The summed E-state index contributed by atoms with van der Waals surface area (Å²) in [6.45, 7) is 4.59. The standard InChI is InChI=1S/C27H28BrNO3/c1-18(2)21-15-20-13-14-24(22-11-7-8-12-25(22)31-3)29(26(20)23(28)16-21)27(30)32-17-19-9-5-4-6-10-19/h4-12,15-16,18,24H,13-14,17H2,1-3H3. The maximum Gasteiger partial charge on any atom is 0.415 e. The number of benzene rings is 3. The van der Waals surface area contributed by atoms with E-state index >= 15 is 0 Å². The predicted octanol–water partition coefficient (Wildman–Crippen LogP) is 7.41. The number of para-hydroxylation sites is 1. The number of carbonyl (C=O) groups excluding carboxylic acids is 1. The third kappa shape index (κ3) is 4.53. The Morgan fingerprint density at radius 1 is 1.09 bits per heavy atom. The summed E-state index contributed by atoms with van der Waals surface area (Å²) in [7, 11) is 1.67. The van der Waals surface area contributed by atoms with E-state index in [1.807, 2.05) is 54.6 Å². The lowest BCUT2D eigenvalue weighted by molar-refractivity contribution is 0.143. The smallest absolute Gasteiger partial charge is 0.415 e. The van der Waals surface area contributed by atoms with E-state index < -0.39 is 0 Å². The molecule has 0 N–H and O–H groups in total. The van der Waals surface area contributed by atoms with Crippen LogP contribution in [0.3, 0.4) is 0 Å². The second-order valence-corrected chi connectivity index (χ2v) is 9.23. The fourth-order valence-corrected chi connectivity index (χ4v) is 5.00. The average molecular weight is 494 g/mol. The molecule has 1 atom stereocenters. The number of rotatable bonds is 5. The zero-order valence-corrected chi connectivity index (χ0v) is 20.3. The zero-order valence-electron chi connectivity index (χ0n) is 18.7. The van der Waals surface area contributed by atoms with Gasteiger partial charge in [0.05, 0.1) is 18.8 Å². The van der Waals surface area contributed by atoms with Crippen LogP contribution in [0.5, 0.6) is 5.75 Å². The molecule has 1 aliphatic heterocycles. The van der Waals surface area contributed by atoms with Gasteiger partial charge in [-0.2, -0.15) is 0 Å². The molecule has 166 valence electrons. The minimum atomic E-state index is -0.358.